The lowest BCUT2D eigenvalue weighted by Crippen LogP contribution is -2.39. The molecular formula is C18H25N3. The van der Waals surface area contributed by atoms with Crippen molar-refractivity contribution < 1.29 is 0 Å². The SMILES string of the molecule is Cc1nc2cc3c(cc2n1CC(C)C)CC1CNCC3C1. The molecule has 1 saturated heterocycles. The van der Waals surface area contributed by atoms with Crippen LogP contribution < -0.4 is 5.32 Å². The van der Waals surface area contributed by atoms with Crippen molar-refractivity contribution >= 4 is 11.0 Å². The molecule has 0 amide bonds. The third-order valence-corrected chi connectivity index (χ3v) is 5.14. The second kappa shape index (κ2) is 4.84. The van der Waals surface area contributed by atoms with Crippen LogP contribution in [0.2, 0.25) is 0 Å². The van der Waals surface area contributed by atoms with Crippen LogP contribution in [0.5, 0.6) is 0 Å². The van der Waals surface area contributed by atoms with Gasteiger partial charge in [0, 0.05) is 13.1 Å². The third kappa shape index (κ3) is 2.18. The van der Waals surface area contributed by atoms with E-state index in [1.165, 1.54) is 30.4 Å². The van der Waals surface area contributed by atoms with Gasteiger partial charge in [0.15, 0.2) is 0 Å². The fraction of sp³-hybridized carbons (Fsp3) is 0.611. The molecule has 2 aliphatic rings. The zero-order valence-corrected chi connectivity index (χ0v) is 13.3. The predicted molar refractivity (Wildman–Crippen MR) is 86.7 cm³/mol. The van der Waals surface area contributed by atoms with Gasteiger partial charge in [-0.25, -0.2) is 4.98 Å². The van der Waals surface area contributed by atoms with Crippen molar-refractivity contribution in [3.8, 4) is 0 Å². The number of imidazole rings is 1. The standard InChI is InChI=1S/C18H25N3/c1-11(2)10-21-12(3)20-17-7-16-14(6-18(17)21)4-13-5-15(16)9-19-8-13/h6-7,11,13,15,19H,4-5,8-10H2,1-3H3. The van der Waals surface area contributed by atoms with Gasteiger partial charge in [0.1, 0.15) is 5.82 Å². The molecule has 1 fully saturated rings. The van der Waals surface area contributed by atoms with Crippen molar-refractivity contribution in [3.05, 3.63) is 29.1 Å². The van der Waals surface area contributed by atoms with Gasteiger partial charge in [-0.1, -0.05) is 13.8 Å². The van der Waals surface area contributed by atoms with E-state index in [1.54, 1.807) is 11.1 Å². The van der Waals surface area contributed by atoms with Gasteiger partial charge in [-0.15, -0.1) is 0 Å². The Balaban J connectivity index is 1.85. The van der Waals surface area contributed by atoms with Crippen LogP contribution in [-0.4, -0.2) is 22.6 Å². The Morgan fingerprint density at radius 2 is 2.19 bits per heavy atom. The van der Waals surface area contributed by atoms with Crippen molar-refractivity contribution in [2.75, 3.05) is 13.1 Å². The van der Waals surface area contributed by atoms with E-state index in [1.807, 2.05) is 0 Å². The number of aromatic nitrogens is 2. The van der Waals surface area contributed by atoms with Crippen molar-refractivity contribution in [3.63, 3.8) is 0 Å². The first-order valence-corrected chi connectivity index (χ1v) is 8.32. The number of nitrogens with zero attached hydrogens (tertiary/aromatic N) is 2. The molecule has 1 N–H and O–H groups in total. The minimum atomic E-state index is 0.653. The molecule has 1 aromatic heterocycles. The van der Waals surface area contributed by atoms with Crippen LogP contribution in [0.1, 0.15) is 43.1 Å². The Hall–Kier alpha value is -1.35. The summed E-state index contributed by atoms with van der Waals surface area (Å²) in [5.41, 5.74) is 5.67. The monoisotopic (exact) mass is 283 g/mol. The Kier molecular flexibility index (Phi) is 3.07. The summed E-state index contributed by atoms with van der Waals surface area (Å²) in [6.45, 7) is 10.1. The molecular weight excluding hydrogens is 258 g/mol. The number of aryl methyl sites for hydroxylation is 1. The normalized spacial score (nSPS) is 24.6. The Morgan fingerprint density at radius 3 is 3.00 bits per heavy atom. The van der Waals surface area contributed by atoms with Gasteiger partial charge in [0.2, 0.25) is 0 Å². The molecule has 1 aliphatic carbocycles. The molecule has 3 heteroatoms. The average Bonchev–Trinajstić information content (AvgIpc) is 2.73. The van der Waals surface area contributed by atoms with Crippen LogP contribution in [-0.2, 0) is 13.0 Å². The third-order valence-electron chi connectivity index (χ3n) is 5.14. The number of hydrogen-bond donors (Lipinski definition) is 1. The highest BCUT2D eigenvalue weighted by Crippen LogP contribution is 2.38. The maximum Gasteiger partial charge on any atom is 0.106 e. The summed E-state index contributed by atoms with van der Waals surface area (Å²) in [7, 11) is 0. The van der Waals surface area contributed by atoms with Gasteiger partial charge >= 0.3 is 0 Å². The molecule has 2 bridgehead atoms. The van der Waals surface area contributed by atoms with Crippen LogP contribution in [0.3, 0.4) is 0 Å². The molecule has 1 aliphatic heterocycles. The molecule has 21 heavy (non-hydrogen) atoms. The second-order valence-corrected chi connectivity index (χ2v) is 7.36. The Labute approximate surface area is 126 Å². The first kappa shape index (κ1) is 13.3. The Morgan fingerprint density at radius 1 is 1.33 bits per heavy atom. The maximum absolute atomic E-state index is 4.82. The van der Waals surface area contributed by atoms with Crippen LogP contribution in [0.15, 0.2) is 12.1 Å². The topological polar surface area (TPSA) is 29.9 Å². The minimum absolute atomic E-state index is 0.653. The fourth-order valence-electron chi connectivity index (χ4n) is 4.24. The highest BCUT2D eigenvalue weighted by Gasteiger charge is 2.31. The van der Waals surface area contributed by atoms with E-state index in [9.17, 15) is 0 Å². The largest absolute Gasteiger partial charge is 0.328 e. The lowest BCUT2D eigenvalue weighted by Gasteiger charge is -2.36. The van der Waals surface area contributed by atoms with Gasteiger partial charge in [0.05, 0.1) is 11.0 Å². The number of nitrogens with one attached hydrogen (secondary N) is 1. The first-order chi connectivity index (χ1) is 10.1. The van der Waals surface area contributed by atoms with Crippen LogP contribution >= 0.6 is 0 Å². The van der Waals surface area contributed by atoms with Gasteiger partial charge in [-0.05, 0) is 67.3 Å². The molecule has 2 heterocycles. The second-order valence-electron chi connectivity index (χ2n) is 7.36. The molecule has 4 rings (SSSR count). The summed E-state index contributed by atoms with van der Waals surface area (Å²) >= 11 is 0. The van der Waals surface area contributed by atoms with Gasteiger partial charge in [-0.2, -0.15) is 0 Å². The first-order valence-electron chi connectivity index (χ1n) is 8.32. The summed E-state index contributed by atoms with van der Waals surface area (Å²) < 4.78 is 2.41. The zero-order chi connectivity index (χ0) is 14.6. The predicted octanol–water partition coefficient (Wildman–Crippen LogP) is 3.25. The van der Waals surface area contributed by atoms with Gasteiger partial charge in [-0.3, -0.25) is 0 Å². The smallest absolute Gasteiger partial charge is 0.106 e. The summed E-state index contributed by atoms with van der Waals surface area (Å²) in [6.07, 6.45) is 2.60. The molecule has 112 valence electrons. The molecule has 2 unspecified atom stereocenters. The minimum Gasteiger partial charge on any atom is -0.328 e. The van der Waals surface area contributed by atoms with Crippen molar-refractivity contribution in [1.29, 1.82) is 0 Å². The van der Waals surface area contributed by atoms with Gasteiger partial charge < -0.3 is 9.88 Å². The van der Waals surface area contributed by atoms with Gasteiger partial charge in [0.25, 0.3) is 0 Å². The Bertz CT molecular complexity index is 683. The summed E-state index contributed by atoms with van der Waals surface area (Å²) in [6, 6.07) is 4.82. The molecule has 0 saturated carbocycles. The van der Waals surface area contributed by atoms with Crippen molar-refractivity contribution in [2.24, 2.45) is 11.8 Å². The zero-order valence-electron chi connectivity index (χ0n) is 13.3. The molecule has 0 spiro atoms. The van der Waals surface area contributed by atoms with Crippen LogP contribution in [0.4, 0.5) is 0 Å². The highest BCUT2D eigenvalue weighted by atomic mass is 15.1. The number of benzene rings is 1. The van der Waals surface area contributed by atoms with Crippen molar-refractivity contribution in [2.45, 2.75) is 46.1 Å². The lowest BCUT2D eigenvalue weighted by molar-refractivity contribution is 0.318. The van der Waals surface area contributed by atoms with Crippen molar-refractivity contribution in [1.82, 2.24) is 14.9 Å². The molecule has 0 radical (unpaired) electrons. The van der Waals surface area contributed by atoms with E-state index in [4.69, 9.17) is 4.98 Å². The molecule has 3 nitrogen and oxygen atoms in total. The van der Waals surface area contributed by atoms with E-state index in [-0.39, 0.29) is 0 Å². The quantitative estimate of drug-likeness (QED) is 0.917. The van der Waals surface area contributed by atoms with E-state index < -0.39 is 0 Å². The van der Waals surface area contributed by atoms with E-state index in [0.29, 0.717) is 11.8 Å². The van der Waals surface area contributed by atoms with Crippen LogP contribution in [0, 0.1) is 18.8 Å². The van der Waals surface area contributed by atoms with E-state index in [2.05, 4.69) is 42.8 Å². The maximum atomic E-state index is 4.82. The highest BCUT2D eigenvalue weighted by molar-refractivity contribution is 5.78. The van der Waals surface area contributed by atoms with Crippen LogP contribution in [0.25, 0.3) is 11.0 Å². The number of fused-ring (bicyclic) bond motifs is 5. The lowest BCUT2D eigenvalue weighted by atomic mass is 9.74. The molecule has 2 atom stereocenters. The average molecular weight is 283 g/mol. The van der Waals surface area contributed by atoms with E-state index in [0.717, 1.165) is 24.8 Å². The number of hydrogen-bond acceptors (Lipinski definition) is 2. The number of piperidine rings is 1. The molecule has 1 aromatic carbocycles. The summed E-state index contributed by atoms with van der Waals surface area (Å²) in [4.78, 5) is 4.82. The molecule has 2 aromatic rings. The number of rotatable bonds is 2. The summed E-state index contributed by atoms with van der Waals surface area (Å²) in [5, 5.41) is 3.59. The van der Waals surface area contributed by atoms with E-state index >= 15 is 0 Å². The fourth-order valence-corrected chi connectivity index (χ4v) is 4.24. The summed E-state index contributed by atoms with van der Waals surface area (Å²) in [5.74, 6) is 3.34.